The van der Waals surface area contributed by atoms with Crippen molar-refractivity contribution in [3.05, 3.63) is 18.0 Å². The lowest BCUT2D eigenvalue weighted by Crippen LogP contribution is -2.14. The monoisotopic (exact) mass is 245 g/mol. The minimum Gasteiger partial charge on any atom is -0.363 e. The molecule has 0 aliphatic heterocycles. The molecule has 2 aromatic heterocycles. The van der Waals surface area contributed by atoms with Crippen LogP contribution in [0.15, 0.2) is 12.1 Å². The van der Waals surface area contributed by atoms with Crippen molar-refractivity contribution in [2.45, 2.75) is 31.2 Å². The molecule has 0 aromatic carbocycles. The molecule has 2 heterocycles. The van der Waals surface area contributed by atoms with Gasteiger partial charge in [0.25, 0.3) is 0 Å². The van der Waals surface area contributed by atoms with Crippen molar-refractivity contribution in [3.8, 4) is 0 Å². The van der Waals surface area contributed by atoms with Crippen LogP contribution < -0.4 is 10.6 Å². The van der Waals surface area contributed by atoms with Crippen LogP contribution in [0.3, 0.4) is 0 Å². The average molecular weight is 245 g/mol. The molecule has 1 aliphatic carbocycles. The Morgan fingerprint density at radius 3 is 2.78 bits per heavy atom. The van der Waals surface area contributed by atoms with E-state index in [9.17, 15) is 0 Å². The Balaban J connectivity index is 1.95. The predicted octanol–water partition coefficient (Wildman–Crippen LogP) is 1.62. The summed E-state index contributed by atoms with van der Waals surface area (Å²) >= 11 is 0. The highest BCUT2D eigenvalue weighted by Crippen LogP contribution is 2.32. The number of nitrogens with two attached hydrogens (primary N) is 1. The van der Waals surface area contributed by atoms with Gasteiger partial charge in [0.05, 0.1) is 5.52 Å². The smallest absolute Gasteiger partial charge is 0.179 e. The van der Waals surface area contributed by atoms with Crippen LogP contribution in [0.5, 0.6) is 0 Å². The lowest BCUT2D eigenvalue weighted by molar-refractivity contribution is 0.651. The molecule has 5 nitrogen and oxygen atoms in total. The van der Waals surface area contributed by atoms with E-state index in [-0.39, 0.29) is 0 Å². The highest BCUT2D eigenvalue weighted by atomic mass is 15.1. The molecule has 3 rings (SSSR count). The van der Waals surface area contributed by atoms with Gasteiger partial charge in [0.15, 0.2) is 5.65 Å². The maximum absolute atomic E-state index is 5.96. The van der Waals surface area contributed by atoms with E-state index in [4.69, 9.17) is 5.73 Å². The van der Waals surface area contributed by atoms with Gasteiger partial charge >= 0.3 is 0 Å². The molecule has 1 saturated carbocycles. The topological polar surface area (TPSA) is 70.8 Å². The molecular weight excluding hydrogens is 226 g/mol. The fourth-order valence-electron chi connectivity index (χ4n) is 2.61. The van der Waals surface area contributed by atoms with Crippen molar-refractivity contribution in [2.24, 2.45) is 5.73 Å². The SMILES string of the molecule is CN(C)c1ccc2[nH]c(C3CCC(N)C3)nc2n1. The molecule has 5 heteroatoms. The first kappa shape index (κ1) is 11.5. The number of anilines is 1. The summed E-state index contributed by atoms with van der Waals surface area (Å²) in [7, 11) is 3.97. The third-order valence-electron chi connectivity index (χ3n) is 3.67. The lowest BCUT2D eigenvalue weighted by Gasteiger charge is -2.09. The van der Waals surface area contributed by atoms with E-state index < -0.39 is 0 Å². The van der Waals surface area contributed by atoms with Crippen LogP contribution in [-0.2, 0) is 0 Å². The first-order chi connectivity index (χ1) is 8.63. The molecule has 0 amide bonds. The standard InChI is InChI=1S/C13H19N5/c1-18(2)11-6-5-10-13(16-11)17-12(15-10)8-3-4-9(14)7-8/h5-6,8-9H,3-4,7,14H2,1-2H3,(H,15,16,17). The Hall–Kier alpha value is -1.62. The Morgan fingerprint density at radius 2 is 2.11 bits per heavy atom. The summed E-state index contributed by atoms with van der Waals surface area (Å²) in [5, 5.41) is 0. The van der Waals surface area contributed by atoms with Gasteiger partial charge in [-0.3, -0.25) is 0 Å². The van der Waals surface area contributed by atoms with Crippen LogP contribution in [0.4, 0.5) is 5.82 Å². The molecule has 0 saturated heterocycles. The number of imidazole rings is 1. The van der Waals surface area contributed by atoms with Gasteiger partial charge in [-0.1, -0.05) is 0 Å². The number of pyridine rings is 1. The van der Waals surface area contributed by atoms with Gasteiger partial charge in [-0.05, 0) is 31.4 Å². The highest BCUT2D eigenvalue weighted by molar-refractivity contribution is 5.73. The molecule has 96 valence electrons. The van der Waals surface area contributed by atoms with Crippen LogP contribution in [0.1, 0.15) is 31.0 Å². The van der Waals surface area contributed by atoms with E-state index in [0.717, 1.165) is 42.1 Å². The molecule has 0 spiro atoms. The summed E-state index contributed by atoms with van der Waals surface area (Å²) in [6, 6.07) is 4.38. The van der Waals surface area contributed by atoms with E-state index in [0.29, 0.717) is 12.0 Å². The van der Waals surface area contributed by atoms with Crippen LogP contribution in [-0.4, -0.2) is 35.1 Å². The number of H-pyrrole nitrogens is 1. The van der Waals surface area contributed by atoms with Crippen molar-refractivity contribution in [1.29, 1.82) is 0 Å². The Bertz CT molecular complexity index is 560. The van der Waals surface area contributed by atoms with Crippen LogP contribution in [0, 0.1) is 0 Å². The largest absolute Gasteiger partial charge is 0.363 e. The zero-order valence-electron chi connectivity index (χ0n) is 10.8. The summed E-state index contributed by atoms with van der Waals surface area (Å²) in [4.78, 5) is 14.5. The number of fused-ring (bicyclic) bond motifs is 1. The van der Waals surface area contributed by atoms with Gasteiger partial charge in [0.1, 0.15) is 11.6 Å². The predicted molar refractivity (Wildman–Crippen MR) is 72.8 cm³/mol. The molecule has 18 heavy (non-hydrogen) atoms. The van der Waals surface area contributed by atoms with Gasteiger partial charge in [0, 0.05) is 26.1 Å². The fourth-order valence-corrected chi connectivity index (χ4v) is 2.61. The van der Waals surface area contributed by atoms with Gasteiger partial charge in [-0.2, -0.15) is 0 Å². The van der Waals surface area contributed by atoms with Crippen molar-refractivity contribution in [2.75, 3.05) is 19.0 Å². The van der Waals surface area contributed by atoms with Gasteiger partial charge < -0.3 is 15.6 Å². The molecular formula is C13H19N5. The Morgan fingerprint density at radius 1 is 1.28 bits per heavy atom. The number of nitrogens with zero attached hydrogens (tertiary/aromatic N) is 3. The van der Waals surface area contributed by atoms with Crippen molar-refractivity contribution >= 4 is 17.0 Å². The lowest BCUT2D eigenvalue weighted by atomic mass is 10.1. The van der Waals surface area contributed by atoms with E-state index >= 15 is 0 Å². The summed E-state index contributed by atoms with van der Waals surface area (Å²) in [6.45, 7) is 0. The summed E-state index contributed by atoms with van der Waals surface area (Å²) < 4.78 is 0. The summed E-state index contributed by atoms with van der Waals surface area (Å²) in [6.07, 6.45) is 3.25. The normalized spacial score (nSPS) is 23.7. The van der Waals surface area contributed by atoms with Crippen LogP contribution in [0.2, 0.25) is 0 Å². The molecule has 2 atom stereocenters. The zero-order valence-corrected chi connectivity index (χ0v) is 10.8. The molecule has 2 aromatic rings. The third-order valence-corrected chi connectivity index (χ3v) is 3.67. The zero-order chi connectivity index (χ0) is 12.7. The number of hydrogen-bond donors (Lipinski definition) is 2. The number of aromatic nitrogens is 3. The van der Waals surface area contributed by atoms with Gasteiger partial charge in [0.2, 0.25) is 0 Å². The molecule has 1 fully saturated rings. The molecule has 2 unspecified atom stereocenters. The first-order valence-corrected chi connectivity index (χ1v) is 6.43. The summed E-state index contributed by atoms with van der Waals surface area (Å²) in [5.74, 6) is 2.45. The molecule has 1 aliphatic rings. The first-order valence-electron chi connectivity index (χ1n) is 6.43. The number of hydrogen-bond acceptors (Lipinski definition) is 4. The molecule has 0 bridgehead atoms. The number of aromatic amines is 1. The number of nitrogens with one attached hydrogen (secondary N) is 1. The highest BCUT2D eigenvalue weighted by Gasteiger charge is 2.25. The van der Waals surface area contributed by atoms with Gasteiger partial charge in [-0.15, -0.1) is 0 Å². The molecule has 3 N–H and O–H groups in total. The second-order valence-electron chi connectivity index (χ2n) is 5.33. The number of rotatable bonds is 2. The van der Waals surface area contributed by atoms with E-state index in [1.807, 2.05) is 31.1 Å². The van der Waals surface area contributed by atoms with E-state index in [1.165, 1.54) is 0 Å². The Kier molecular flexibility index (Phi) is 2.70. The van der Waals surface area contributed by atoms with Crippen LogP contribution >= 0.6 is 0 Å². The maximum atomic E-state index is 5.96. The van der Waals surface area contributed by atoms with Gasteiger partial charge in [-0.25, -0.2) is 9.97 Å². The fraction of sp³-hybridized carbons (Fsp3) is 0.538. The average Bonchev–Trinajstić information content (AvgIpc) is 2.93. The van der Waals surface area contributed by atoms with E-state index in [2.05, 4.69) is 15.0 Å². The van der Waals surface area contributed by atoms with Crippen molar-refractivity contribution < 1.29 is 0 Å². The minimum absolute atomic E-state index is 0.327. The van der Waals surface area contributed by atoms with Crippen molar-refractivity contribution in [3.63, 3.8) is 0 Å². The van der Waals surface area contributed by atoms with E-state index in [1.54, 1.807) is 0 Å². The van der Waals surface area contributed by atoms with Crippen molar-refractivity contribution in [1.82, 2.24) is 15.0 Å². The Labute approximate surface area is 106 Å². The molecule has 0 radical (unpaired) electrons. The second kappa shape index (κ2) is 4.24. The minimum atomic E-state index is 0.327. The second-order valence-corrected chi connectivity index (χ2v) is 5.33. The summed E-state index contributed by atoms with van der Waals surface area (Å²) in [5.41, 5.74) is 7.77. The maximum Gasteiger partial charge on any atom is 0.179 e. The quantitative estimate of drug-likeness (QED) is 0.843. The third kappa shape index (κ3) is 1.95. The van der Waals surface area contributed by atoms with Crippen LogP contribution in [0.25, 0.3) is 11.2 Å².